The van der Waals surface area contributed by atoms with Gasteiger partial charge in [0.05, 0.1) is 24.4 Å². The Bertz CT molecular complexity index is 1190. The summed E-state index contributed by atoms with van der Waals surface area (Å²) in [4.78, 5) is 26.7. The standard InChI is InChI=1S/C25H32FN3O2.C11H22/c1-5-7-17(30)9-13-22(15(3)4)29-14-20-18(25(29)31)10-11-19(23(20)26)21-12-8-16(6-2)24(27)28-21;1-4-10(3)9-11(5-2)7-6-8-11/h8,10-12,21-22,28H,3,5-7,9,13-14,27H2,1-2,4H3;10H,4-9H2,1-3H3. The molecule has 3 unspecified atom stereocenters. The van der Waals surface area contributed by atoms with Crippen LogP contribution in [0.5, 0.6) is 0 Å². The molecule has 2 heterocycles. The largest absolute Gasteiger partial charge is 0.385 e. The van der Waals surface area contributed by atoms with E-state index < -0.39 is 0 Å². The molecule has 0 bridgehead atoms. The van der Waals surface area contributed by atoms with Gasteiger partial charge >= 0.3 is 0 Å². The molecular weight excluding hydrogens is 525 g/mol. The molecule has 1 aliphatic carbocycles. The van der Waals surface area contributed by atoms with Crippen LogP contribution in [0.15, 0.2) is 47.8 Å². The minimum absolute atomic E-state index is 0.176. The third kappa shape index (κ3) is 7.73. The lowest BCUT2D eigenvalue weighted by molar-refractivity contribution is -0.119. The second kappa shape index (κ2) is 15.0. The van der Waals surface area contributed by atoms with E-state index in [2.05, 4.69) is 32.7 Å². The van der Waals surface area contributed by atoms with E-state index in [-0.39, 0.29) is 36.1 Å². The normalized spacial score (nSPS) is 20.2. The third-order valence-electron chi connectivity index (χ3n) is 9.77. The van der Waals surface area contributed by atoms with Gasteiger partial charge in [0.2, 0.25) is 0 Å². The highest BCUT2D eigenvalue weighted by Gasteiger charge is 2.37. The molecule has 6 heteroatoms. The van der Waals surface area contributed by atoms with Crippen molar-refractivity contribution in [3.63, 3.8) is 0 Å². The number of amides is 1. The molecule has 1 fully saturated rings. The average Bonchev–Trinajstić information content (AvgIpc) is 3.28. The lowest BCUT2D eigenvalue weighted by Crippen LogP contribution is -2.36. The first-order valence-electron chi connectivity index (χ1n) is 16.2. The molecule has 1 aromatic rings. The van der Waals surface area contributed by atoms with Crippen LogP contribution in [0, 0.1) is 17.2 Å². The van der Waals surface area contributed by atoms with Crippen molar-refractivity contribution >= 4 is 11.7 Å². The predicted octanol–water partition coefficient (Wildman–Crippen LogP) is 8.66. The number of allylic oxidation sites excluding steroid dienone is 2. The number of dihydropyridines is 1. The Balaban J connectivity index is 0.000000369. The first-order valence-corrected chi connectivity index (χ1v) is 16.2. The lowest BCUT2D eigenvalue weighted by atomic mass is 9.63. The van der Waals surface area contributed by atoms with Crippen molar-refractivity contribution in [1.82, 2.24) is 10.2 Å². The summed E-state index contributed by atoms with van der Waals surface area (Å²) in [6.45, 7) is 17.1. The van der Waals surface area contributed by atoms with Crippen molar-refractivity contribution < 1.29 is 14.0 Å². The number of rotatable bonds is 13. The number of carbonyl (C=O) groups excluding carboxylic acids is 2. The SMILES string of the molecule is C=C(C)C(CCC(=O)CCC)N1Cc2c(ccc(C3C=CC(CC)=C(N)N3)c2F)C1=O.CCC(C)CC1(CC)CCC1. The van der Waals surface area contributed by atoms with Gasteiger partial charge in [-0.2, -0.15) is 0 Å². The number of benzene rings is 1. The van der Waals surface area contributed by atoms with E-state index in [1.165, 1.54) is 38.5 Å². The van der Waals surface area contributed by atoms with E-state index in [1.807, 2.05) is 32.9 Å². The molecule has 4 rings (SSSR count). The number of hydrogen-bond donors (Lipinski definition) is 2. The van der Waals surface area contributed by atoms with E-state index in [1.54, 1.807) is 17.0 Å². The van der Waals surface area contributed by atoms with Crippen LogP contribution in [0.1, 0.15) is 140 Å². The third-order valence-corrected chi connectivity index (χ3v) is 9.77. The van der Waals surface area contributed by atoms with Gasteiger partial charge in [-0.1, -0.05) is 84.3 Å². The molecule has 3 atom stereocenters. The molecule has 0 radical (unpaired) electrons. The summed E-state index contributed by atoms with van der Waals surface area (Å²) in [7, 11) is 0. The van der Waals surface area contributed by atoms with Crippen molar-refractivity contribution in [2.24, 2.45) is 17.1 Å². The van der Waals surface area contributed by atoms with Crippen LogP contribution in [0.25, 0.3) is 0 Å². The fourth-order valence-electron chi connectivity index (χ4n) is 6.62. The summed E-state index contributed by atoms with van der Waals surface area (Å²) in [5.41, 5.74) is 9.89. The number of ketones is 1. The minimum atomic E-state index is -0.384. The van der Waals surface area contributed by atoms with Crippen LogP contribution in [-0.2, 0) is 11.3 Å². The molecule has 0 saturated heterocycles. The monoisotopic (exact) mass is 579 g/mol. The maximum Gasteiger partial charge on any atom is 0.255 e. The number of carbonyl (C=O) groups is 2. The van der Waals surface area contributed by atoms with Gasteiger partial charge in [-0.05, 0) is 68.4 Å². The maximum atomic E-state index is 15.5. The van der Waals surface area contributed by atoms with E-state index in [0.29, 0.717) is 41.8 Å². The van der Waals surface area contributed by atoms with Crippen LogP contribution < -0.4 is 11.1 Å². The highest BCUT2D eigenvalue weighted by molar-refractivity contribution is 5.99. The van der Waals surface area contributed by atoms with Crippen molar-refractivity contribution in [2.75, 3.05) is 0 Å². The number of halogens is 1. The highest BCUT2D eigenvalue weighted by Crippen LogP contribution is 2.48. The Morgan fingerprint density at radius 2 is 1.93 bits per heavy atom. The number of fused-ring (bicyclic) bond motifs is 1. The van der Waals surface area contributed by atoms with Gasteiger partial charge < -0.3 is 16.0 Å². The summed E-state index contributed by atoms with van der Waals surface area (Å²) in [5, 5.41) is 3.15. The molecule has 3 N–H and O–H groups in total. The number of nitrogens with zero attached hydrogens (tertiary/aromatic N) is 1. The Hall–Kier alpha value is -2.89. The van der Waals surface area contributed by atoms with E-state index >= 15 is 4.39 Å². The number of nitrogens with two attached hydrogens (primary N) is 1. The number of nitrogens with one attached hydrogen (secondary N) is 1. The van der Waals surface area contributed by atoms with Gasteiger partial charge in [0.15, 0.2) is 0 Å². The average molecular weight is 580 g/mol. The molecular formula is C36H54FN3O2. The molecule has 1 aromatic carbocycles. The van der Waals surface area contributed by atoms with Crippen LogP contribution in [0.2, 0.25) is 0 Å². The predicted molar refractivity (Wildman–Crippen MR) is 171 cm³/mol. The van der Waals surface area contributed by atoms with Crippen LogP contribution in [0.4, 0.5) is 4.39 Å². The quantitative estimate of drug-likeness (QED) is 0.229. The molecule has 232 valence electrons. The second-order valence-corrected chi connectivity index (χ2v) is 12.8. The van der Waals surface area contributed by atoms with E-state index in [4.69, 9.17) is 5.73 Å². The zero-order valence-corrected chi connectivity index (χ0v) is 27.0. The Labute approximate surface area is 253 Å². The number of hydrogen-bond acceptors (Lipinski definition) is 4. The van der Waals surface area contributed by atoms with Crippen LogP contribution in [0.3, 0.4) is 0 Å². The zero-order chi connectivity index (χ0) is 31.0. The van der Waals surface area contributed by atoms with Gasteiger partial charge in [-0.3, -0.25) is 9.59 Å². The summed E-state index contributed by atoms with van der Waals surface area (Å²) in [5.74, 6) is 1.09. The minimum Gasteiger partial charge on any atom is -0.385 e. The lowest BCUT2D eigenvalue weighted by Gasteiger charge is -2.43. The summed E-state index contributed by atoms with van der Waals surface area (Å²) in [6.07, 6.45) is 15.6. The second-order valence-electron chi connectivity index (χ2n) is 12.8. The van der Waals surface area contributed by atoms with Gasteiger partial charge in [-0.15, -0.1) is 0 Å². The Morgan fingerprint density at radius 1 is 1.21 bits per heavy atom. The fourth-order valence-corrected chi connectivity index (χ4v) is 6.62. The number of Topliss-reactive ketones (excluding diaryl/α,β-unsaturated/α-hetero) is 1. The topological polar surface area (TPSA) is 75.4 Å². The van der Waals surface area contributed by atoms with E-state index in [0.717, 1.165) is 35.3 Å². The molecule has 3 aliphatic rings. The highest BCUT2D eigenvalue weighted by atomic mass is 19.1. The summed E-state index contributed by atoms with van der Waals surface area (Å²) >= 11 is 0. The molecule has 5 nitrogen and oxygen atoms in total. The molecule has 1 amide bonds. The zero-order valence-electron chi connectivity index (χ0n) is 27.0. The van der Waals surface area contributed by atoms with Crippen molar-refractivity contribution in [1.29, 1.82) is 0 Å². The van der Waals surface area contributed by atoms with Crippen molar-refractivity contribution in [3.8, 4) is 0 Å². The summed E-state index contributed by atoms with van der Waals surface area (Å²) < 4.78 is 15.5. The first kappa shape index (κ1) is 33.6. The van der Waals surface area contributed by atoms with Gasteiger partial charge in [0, 0.05) is 29.5 Å². The first-order chi connectivity index (χ1) is 20.0. The molecule has 1 saturated carbocycles. The molecule has 2 aliphatic heterocycles. The van der Waals surface area contributed by atoms with E-state index in [9.17, 15) is 9.59 Å². The van der Waals surface area contributed by atoms with Crippen LogP contribution in [-0.4, -0.2) is 22.6 Å². The van der Waals surface area contributed by atoms with Gasteiger partial charge in [0.1, 0.15) is 11.6 Å². The molecule has 42 heavy (non-hydrogen) atoms. The van der Waals surface area contributed by atoms with Crippen molar-refractivity contribution in [3.05, 3.63) is 70.3 Å². The fraction of sp³-hybridized carbons (Fsp3) is 0.611. The maximum absolute atomic E-state index is 15.5. The molecule has 0 spiro atoms. The Morgan fingerprint density at radius 3 is 2.45 bits per heavy atom. The van der Waals surface area contributed by atoms with Crippen LogP contribution >= 0.6 is 0 Å². The molecule has 0 aromatic heterocycles. The van der Waals surface area contributed by atoms with Crippen molar-refractivity contribution in [2.45, 2.75) is 131 Å². The summed E-state index contributed by atoms with van der Waals surface area (Å²) in [6, 6.07) is 2.68. The van der Waals surface area contributed by atoms with Gasteiger partial charge in [0.25, 0.3) is 5.91 Å². The smallest absolute Gasteiger partial charge is 0.255 e. The Kier molecular flexibility index (Phi) is 12.0. The van der Waals surface area contributed by atoms with Gasteiger partial charge in [-0.25, -0.2) is 4.39 Å².